The Morgan fingerprint density at radius 3 is 2.70 bits per heavy atom. The van der Waals surface area contributed by atoms with Gasteiger partial charge in [0.05, 0.1) is 10.2 Å². The van der Waals surface area contributed by atoms with Crippen LogP contribution in [-0.2, 0) is 7.05 Å². The van der Waals surface area contributed by atoms with E-state index in [-0.39, 0.29) is 0 Å². The maximum Gasteiger partial charge on any atom is 0.198 e. The number of rotatable bonds is 3. The zero-order valence-electron chi connectivity index (χ0n) is 14.3. The van der Waals surface area contributed by atoms with Gasteiger partial charge in [-0.3, -0.25) is 0 Å². The first-order valence-electron chi connectivity index (χ1n) is 8.30. The van der Waals surface area contributed by atoms with Crippen LogP contribution in [0.25, 0.3) is 32.4 Å². The number of nitrogens with zero attached hydrogens (tertiary/aromatic N) is 4. The van der Waals surface area contributed by atoms with E-state index in [1.165, 1.54) is 22.5 Å². The molecule has 0 atom stereocenters. The second-order valence-corrected chi connectivity index (χ2v) is 8.80. The molecule has 7 heteroatoms. The molecule has 27 heavy (non-hydrogen) atoms. The first-order valence-corrected chi connectivity index (χ1v) is 10.3. The molecule has 0 aliphatic heterocycles. The molecule has 0 aliphatic carbocycles. The molecule has 0 spiro atoms. The summed E-state index contributed by atoms with van der Waals surface area (Å²) in [5.41, 5.74) is 2.00. The summed E-state index contributed by atoms with van der Waals surface area (Å²) in [5.74, 6) is 0.840. The van der Waals surface area contributed by atoms with Gasteiger partial charge in [-0.05, 0) is 46.8 Å². The highest BCUT2D eigenvalue weighted by Crippen LogP contribution is 2.35. The molecule has 0 radical (unpaired) electrons. The van der Waals surface area contributed by atoms with E-state index in [1.54, 1.807) is 11.3 Å². The summed E-state index contributed by atoms with van der Waals surface area (Å²) < 4.78 is 4.00. The van der Waals surface area contributed by atoms with Gasteiger partial charge < -0.3 is 4.57 Å². The third-order valence-corrected chi connectivity index (χ3v) is 6.70. The monoisotopic (exact) mass is 408 g/mol. The van der Waals surface area contributed by atoms with E-state index in [0.29, 0.717) is 0 Å². The second-order valence-electron chi connectivity index (χ2n) is 6.12. The molecule has 0 aliphatic rings. The Balaban J connectivity index is 1.50. The van der Waals surface area contributed by atoms with Crippen LogP contribution in [0.3, 0.4) is 0 Å². The summed E-state index contributed by atoms with van der Waals surface area (Å²) in [6.45, 7) is 0. The minimum atomic E-state index is 0.722. The number of hydrogen-bond acceptors (Lipinski definition) is 5. The molecule has 132 valence electrons. The molecule has 3 aromatic carbocycles. The summed E-state index contributed by atoms with van der Waals surface area (Å²) in [5, 5.41) is 12.7. The molecular formula is C20H13ClN4S2. The second kappa shape index (κ2) is 6.64. The van der Waals surface area contributed by atoms with Gasteiger partial charge in [-0.1, -0.05) is 48.0 Å². The molecule has 0 amide bonds. The Morgan fingerprint density at radius 2 is 1.81 bits per heavy atom. The lowest BCUT2D eigenvalue weighted by Gasteiger charge is -2.04. The van der Waals surface area contributed by atoms with E-state index in [0.717, 1.165) is 36.1 Å². The smallest absolute Gasteiger partial charge is 0.198 e. The lowest BCUT2D eigenvalue weighted by molar-refractivity contribution is 0.794. The van der Waals surface area contributed by atoms with Crippen LogP contribution in [0.2, 0.25) is 5.02 Å². The maximum atomic E-state index is 6.07. The Hall–Kier alpha value is -2.41. The van der Waals surface area contributed by atoms with Crippen molar-refractivity contribution in [2.45, 2.75) is 9.50 Å². The fraction of sp³-hybridized carbons (Fsp3) is 0.0500. The Labute approximate surface area is 168 Å². The lowest BCUT2D eigenvalue weighted by Crippen LogP contribution is -1.94. The fourth-order valence-electron chi connectivity index (χ4n) is 2.98. The molecule has 0 saturated heterocycles. The highest BCUT2D eigenvalue weighted by Gasteiger charge is 2.15. The molecular weight excluding hydrogens is 396 g/mol. The van der Waals surface area contributed by atoms with Crippen molar-refractivity contribution >= 4 is 55.7 Å². The van der Waals surface area contributed by atoms with Crippen molar-refractivity contribution < 1.29 is 0 Å². The van der Waals surface area contributed by atoms with Crippen LogP contribution in [0.4, 0.5) is 0 Å². The SMILES string of the molecule is Cn1c(Sc2nc3ccc(Cl)cc3s2)nnc1-c1ccc2ccccc2c1. The molecule has 2 heterocycles. The summed E-state index contributed by atoms with van der Waals surface area (Å²) >= 11 is 9.20. The van der Waals surface area contributed by atoms with Crippen molar-refractivity contribution in [1.29, 1.82) is 0 Å². The van der Waals surface area contributed by atoms with Gasteiger partial charge in [-0.15, -0.1) is 21.5 Å². The van der Waals surface area contributed by atoms with Gasteiger partial charge in [0.1, 0.15) is 0 Å². The maximum absolute atomic E-state index is 6.07. The average molecular weight is 409 g/mol. The average Bonchev–Trinajstić information content (AvgIpc) is 3.24. The van der Waals surface area contributed by atoms with E-state index in [9.17, 15) is 0 Å². The summed E-state index contributed by atoms with van der Waals surface area (Å²) in [7, 11) is 1.98. The van der Waals surface area contributed by atoms with Gasteiger partial charge in [0.2, 0.25) is 0 Å². The van der Waals surface area contributed by atoms with Gasteiger partial charge in [0.15, 0.2) is 15.3 Å². The van der Waals surface area contributed by atoms with Gasteiger partial charge in [0, 0.05) is 17.6 Å². The molecule has 2 aromatic heterocycles. The van der Waals surface area contributed by atoms with Gasteiger partial charge >= 0.3 is 0 Å². The molecule has 0 bridgehead atoms. The third kappa shape index (κ3) is 3.10. The van der Waals surface area contributed by atoms with E-state index in [1.807, 2.05) is 41.9 Å². The molecule has 4 nitrogen and oxygen atoms in total. The normalized spacial score (nSPS) is 11.5. The Bertz CT molecular complexity index is 1290. The first kappa shape index (κ1) is 16.7. The van der Waals surface area contributed by atoms with Crippen LogP contribution >= 0.6 is 34.7 Å². The van der Waals surface area contributed by atoms with Crippen LogP contribution in [0.1, 0.15) is 0 Å². The molecule has 0 N–H and O–H groups in total. The topological polar surface area (TPSA) is 43.6 Å². The molecule has 0 fully saturated rings. The van der Waals surface area contributed by atoms with Crippen molar-refractivity contribution in [2.75, 3.05) is 0 Å². The van der Waals surface area contributed by atoms with E-state index < -0.39 is 0 Å². The number of benzene rings is 3. The van der Waals surface area contributed by atoms with Crippen molar-refractivity contribution in [3.8, 4) is 11.4 Å². The van der Waals surface area contributed by atoms with Crippen LogP contribution < -0.4 is 0 Å². The van der Waals surface area contributed by atoms with Gasteiger partial charge in [0.25, 0.3) is 0 Å². The Morgan fingerprint density at radius 1 is 0.963 bits per heavy atom. The summed E-state index contributed by atoms with van der Waals surface area (Å²) in [6, 6.07) is 20.4. The van der Waals surface area contributed by atoms with Crippen LogP contribution in [0, 0.1) is 0 Å². The molecule has 5 rings (SSSR count). The van der Waals surface area contributed by atoms with Gasteiger partial charge in [-0.25, -0.2) is 4.98 Å². The highest BCUT2D eigenvalue weighted by molar-refractivity contribution is 8.01. The number of hydrogen-bond donors (Lipinski definition) is 0. The minimum absolute atomic E-state index is 0.722. The van der Waals surface area contributed by atoms with Crippen molar-refractivity contribution in [1.82, 2.24) is 19.7 Å². The molecule has 0 saturated carbocycles. The molecule has 5 aromatic rings. The van der Waals surface area contributed by atoms with Gasteiger partial charge in [-0.2, -0.15) is 0 Å². The standard InChI is InChI=1S/C20H13ClN4S2/c1-25-18(14-7-6-12-4-2-3-5-13(12)10-14)23-24-19(25)27-20-22-16-9-8-15(21)11-17(16)26-20/h2-11H,1H3. The molecule has 0 unspecified atom stereocenters. The highest BCUT2D eigenvalue weighted by atomic mass is 35.5. The van der Waals surface area contributed by atoms with E-state index in [2.05, 4.69) is 45.5 Å². The largest absolute Gasteiger partial charge is 0.305 e. The third-order valence-electron chi connectivity index (χ3n) is 4.35. The van der Waals surface area contributed by atoms with Crippen LogP contribution in [0.5, 0.6) is 0 Å². The predicted molar refractivity (Wildman–Crippen MR) is 113 cm³/mol. The van der Waals surface area contributed by atoms with E-state index >= 15 is 0 Å². The number of thiazole rings is 1. The predicted octanol–water partition coefficient (Wildman–Crippen LogP) is 6.05. The van der Waals surface area contributed by atoms with Crippen molar-refractivity contribution in [3.05, 3.63) is 65.7 Å². The Kier molecular flexibility index (Phi) is 4.11. The number of fused-ring (bicyclic) bond motifs is 2. The first-order chi connectivity index (χ1) is 13.2. The quantitative estimate of drug-likeness (QED) is 0.364. The number of aromatic nitrogens is 4. The minimum Gasteiger partial charge on any atom is -0.305 e. The zero-order valence-corrected chi connectivity index (χ0v) is 16.6. The summed E-state index contributed by atoms with van der Waals surface area (Å²) in [4.78, 5) is 4.65. The van der Waals surface area contributed by atoms with E-state index in [4.69, 9.17) is 11.6 Å². The lowest BCUT2D eigenvalue weighted by atomic mass is 10.1. The van der Waals surface area contributed by atoms with Crippen LogP contribution in [0.15, 0.2) is 70.2 Å². The number of halogens is 1. The zero-order chi connectivity index (χ0) is 18.4. The van der Waals surface area contributed by atoms with Crippen LogP contribution in [-0.4, -0.2) is 19.7 Å². The summed E-state index contributed by atoms with van der Waals surface area (Å²) in [6.07, 6.45) is 0. The fourth-order valence-corrected chi connectivity index (χ4v) is 5.22. The van der Waals surface area contributed by atoms with Crippen molar-refractivity contribution in [3.63, 3.8) is 0 Å². The van der Waals surface area contributed by atoms with Crippen molar-refractivity contribution in [2.24, 2.45) is 7.05 Å².